The van der Waals surface area contributed by atoms with Gasteiger partial charge in [0.05, 0.1) is 0 Å². The molecule has 0 spiro atoms. The first-order valence-corrected chi connectivity index (χ1v) is 7.75. The van der Waals surface area contributed by atoms with Crippen molar-refractivity contribution in [1.82, 2.24) is 10.6 Å². The highest BCUT2D eigenvalue weighted by molar-refractivity contribution is 14.0. The zero-order valence-corrected chi connectivity index (χ0v) is 15.9. The van der Waals surface area contributed by atoms with Gasteiger partial charge < -0.3 is 15.4 Å². The zero-order valence-electron chi connectivity index (χ0n) is 12.7. The highest BCUT2D eigenvalue weighted by atomic mass is 127. The Morgan fingerprint density at radius 1 is 1.32 bits per heavy atom. The fraction of sp³-hybridized carbons (Fsp3) is 0.923. The number of ether oxygens (including phenoxy) is 1. The van der Waals surface area contributed by atoms with Crippen LogP contribution in [-0.4, -0.2) is 49.3 Å². The Labute approximate surface area is 138 Å². The number of rotatable bonds is 3. The van der Waals surface area contributed by atoms with Gasteiger partial charge in [-0.1, -0.05) is 0 Å². The predicted molar refractivity (Wildman–Crippen MR) is 96.0 cm³/mol. The number of halogens is 1. The van der Waals surface area contributed by atoms with E-state index >= 15 is 0 Å². The van der Waals surface area contributed by atoms with E-state index in [0.717, 1.165) is 38.6 Å². The molecule has 0 aromatic rings. The van der Waals surface area contributed by atoms with E-state index in [1.165, 1.54) is 0 Å². The van der Waals surface area contributed by atoms with Gasteiger partial charge in [0.15, 0.2) is 5.96 Å². The van der Waals surface area contributed by atoms with Crippen molar-refractivity contribution >= 4 is 41.7 Å². The summed E-state index contributed by atoms with van der Waals surface area (Å²) in [4.78, 5) is 4.28. The number of guanidine groups is 1. The lowest BCUT2D eigenvalue weighted by Gasteiger charge is -2.36. The van der Waals surface area contributed by atoms with E-state index < -0.39 is 0 Å². The summed E-state index contributed by atoms with van der Waals surface area (Å²) in [5.74, 6) is 0.877. The Hall–Kier alpha value is 0.310. The second kappa shape index (κ2) is 8.56. The molecular weight excluding hydrogens is 373 g/mol. The molecule has 1 saturated heterocycles. The molecule has 0 aliphatic carbocycles. The van der Waals surface area contributed by atoms with Gasteiger partial charge in [0.25, 0.3) is 0 Å². The SMILES string of the molecule is CN=C(NCC1(SC)CCOCC1)NC(C)(C)C.I. The molecule has 4 nitrogen and oxygen atoms in total. The molecule has 1 heterocycles. The number of nitrogens with zero attached hydrogens (tertiary/aromatic N) is 1. The first-order chi connectivity index (χ1) is 8.41. The highest BCUT2D eigenvalue weighted by Gasteiger charge is 2.32. The molecule has 1 rings (SSSR count). The minimum Gasteiger partial charge on any atom is -0.381 e. The van der Waals surface area contributed by atoms with Gasteiger partial charge in [-0.05, 0) is 39.9 Å². The van der Waals surface area contributed by atoms with Gasteiger partial charge in [0.1, 0.15) is 0 Å². The summed E-state index contributed by atoms with van der Waals surface area (Å²) in [6.07, 6.45) is 4.40. The second-order valence-corrected chi connectivity index (χ2v) is 7.07. The van der Waals surface area contributed by atoms with Crippen LogP contribution in [0.3, 0.4) is 0 Å². The van der Waals surface area contributed by atoms with E-state index in [2.05, 4.69) is 42.7 Å². The second-order valence-electron chi connectivity index (χ2n) is 5.80. The van der Waals surface area contributed by atoms with E-state index in [0.29, 0.717) is 0 Å². The number of thioether (sulfide) groups is 1. The molecule has 0 unspecified atom stereocenters. The molecule has 0 atom stereocenters. The predicted octanol–water partition coefficient (Wildman–Crippen LogP) is 2.48. The van der Waals surface area contributed by atoms with Crippen LogP contribution in [0.1, 0.15) is 33.6 Å². The lowest BCUT2D eigenvalue weighted by Crippen LogP contribution is -2.52. The van der Waals surface area contributed by atoms with Crippen LogP contribution in [0.25, 0.3) is 0 Å². The monoisotopic (exact) mass is 401 g/mol. The summed E-state index contributed by atoms with van der Waals surface area (Å²) in [7, 11) is 1.82. The Bertz CT molecular complexity index is 286. The molecule has 19 heavy (non-hydrogen) atoms. The number of aliphatic imine (C=N–C) groups is 1. The smallest absolute Gasteiger partial charge is 0.191 e. The Morgan fingerprint density at radius 2 is 1.89 bits per heavy atom. The first kappa shape index (κ1) is 19.3. The van der Waals surface area contributed by atoms with E-state index in [1.54, 1.807) is 0 Å². The molecule has 0 aromatic carbocycles. The van der Waals surface area contributed by atoms with Crippen LogP contribution in [0.5, 0.6) is 0 Å². The van der Waals surface area contributed by atoms with Crippen LogP contribution < -0.4 is 10.6 Å². The van der Waals surface area contributed by atoms with Crippen LogP contribution >= 0.6 is 35.7 Å². The molecule has 0 amide bonds. The molecule has 1 aliphatic rings. The number of hydrogen-bond acceptors (Lipinski definition) is 3. The van der Waals surface area contributed by atoms with Crippen molar-refractivity contribution in [2.45, 2.75) is 43.9 Å². The Balaban J connectivity index is 0.00000324. The van der Waals surface area contributed by atoms with Crippen LogP contribution in [0, 0.1) is 0 Å². The van der Waals surface area contributed by atoms with Gasteiger partial charge in [-0.25, -0.2) is 0 Å². The summed E-state index contributed by atoms with van der Waals surface area (Å²) < 4.78 is 5.74. The summed E-state index contributed by atoms with van der Waals surface area (Å²) >= 11 is 1.94. The molecule has 0 radical (unpaired) electrons. The van der Waals surface area contributed by atoms with Crippen molar-refractivity contribution in [2.75, 3.05) is 33.1 Å². The third-order valence-corrected chi connectivity index (χ3v) is 4.55. The summed E-state index contributed by atoms with van der Waals surface area (Å²) in [5, 5.41) is 6.84. The summed E-state index contributed by atoms with van der Waals surface area (Å²) in [6.45, 7) is 9.09. The van der Waals surface area contributed by atoms with Gasteiger partial charge in [0.2, 0.25) is 0 Å². The third kappa shape index (κ3) is 7.04. The third-order valence-electron chi connectivity index (χ3n) is 3.13. The molecule has 6 heteroatoms. The van der Waals surface area contributed by atoms with Gasteiger partial charge in [-0.3, -0.25) is 4.99 Å². The fourth-order valence-electron chi connectivity index (χ4n) is 1.98. The summed E-state index contributed by atoms with van der Waals surface area (Å²) in [6, 6.07) is 0. The van der Waals surface area contributed by atoms with Crippen molar-refractivity contribution in [2.24, 2.45) is 4.99 Å². The molecule has 0 bridgehead atoms. The van der Waals surface area contributed by atoms with Crippen LogP contribution in [0.4, 0.5) is 0 Å². The molecule has 0 saturated carbocycles. The van der Waals surface area contributed by atoms with Crippen molar-refractivity contribution in [3.8, 4) is 0 Å². The molecule has 1 aliphatic heterocycles. The number of hydrogen-bond donors (Lipinski definition) is 2. The average molecular weight is 401 g/mol. The fourth-order valence-corrected chi connectivity index (χ4v) is 2.77. The minimum absolute atomic E-state index is 0. The van der Waals surface area contributed by atoms with E-state index in [-0.39, 0.29) is 34.3 Å². The maximum Gasteiger partial charge on any atom is 0.191 e. The van der Waals surface area contributed by atoms with E-state index in [9.17, 15) is 0 Å². The Kier molecular flexibility index (Phi) is 8.70. The van der Waals surface area contributed by atoms with Crippen molar-refractivity contribution in [1.29, 1.82) is 0 Å². The lowest BCUT2D eigenvalue weighted by atomic mass is 9.99. The van der Waals surface area contributed by atoms with Crippen molar-refractivity contribution in [3.63, 3.8) is 0 Å². The molecule has 1 fully saturated rings. The van der Waals surface area contributed by atoms with Gasteiger partial charge in [-0.15, -0.1) is 24.0 Å². The van der Waals surface area contributed by atoms with Crippen molar-refractivity contribution in [3.05, 3.63) is 0 Å². The Morgan fingerprint density at radius 3 is 2.32 bits per heavy atom. The normalized spacial score (nSPS) is 19.5. The minimum atomic E-state index is 0. The quantitative estimate of drug-likeness (QED) is 0.433. The molecule has 114 valence electrons. The maximum absolute atomic E-state index is 5.45. The van der Waals surface area contributed by atoms with Gasteiger partial charge in [-0.2, -0.15) is 11.8 Å². The number of nitrogens with one attached hydrogen (secondary N) is 2. The van der Waals surface area contributed by atoms with Crippen LogP contribution in [0.2, 0.25) is 0 Å². The molecular formula is C13H28IN3OS. The first-order valence-electron chi connectivity index (χ1n) is 6.52. The maximum atomic E-state index is 5.45. The van der Waals surface area contributed by atoms with E-state index in [4.69, 9.17) is 4.74 Å². The molecule has 0 aromatic heterocycles. The van der Waals surface area contributed by atoms with Crippen molar-refractivity contribution < 1.29 is 4.74 Å². The zero-order chi connectivity index (χ0) is 13.6. The van der Waals surface area contributed by atoms with Gasteiger partial charge in [0, 0.05) is 37.1 Å². The highest BCUT2D eigenvalue weighted by Crippen LogP contribution is 2.32. The van der Waals surface area contributed by atoms with Crippen LogP contribution in [0.15, 0.2) is 4.99 Å². The standard InChI is InChI=1S/C13H27N3OS.HI/c1-12(2,3)16-11(14-4)15-10-13(18-5)6-8-17-9-7-13;/h6-10H2,1-5H3,(H2,14,15,16);1H. The summed E-state index contributed by atoms with van der Waals surface area (Å²) in [5.41, 5.74) is 0.0318. The topological polar surface area (TPSA) is 45.7 Å². The van der Waals surface area contributed by atoms with E-state index in [1.807, 2.05) is 18.8 Å². The molecule has 2 N–H and O–H groups in total. The lowest BCUT2D eigenvalue weighted by molar-refractivity contribution is 0.0782. The van der Waals surface area contributed by atoms with Gasteiger partial charge >= 0.3 is 0 Å². The largest absolute Gasteiger partial charge is 0.381 e. The van der Waals surface area contributed by atoms with Crippen LogP contribution in [-0.2, 0) is 4.74 Å². The average Bonchev–Trinajstić information content (AvgIpc) is 2.34.